The fourth-order valence-electron chi connectivity index (χ4n) is 1.11. The van der Waals surface area contributed by atoms with Gasteiger partial charge in [-0.3, -0.25) is 4.79 Å². The van der Waals surface area contributed by atoms with Gasteiger partial charge in [-0.25, -0.2) is 8.78 Å². The minimum absolute atomic E-state index is 0.00815. The third-order valence-corrected chi connectivity index (χ3v) is 1.88. The van der Waals surface area contributed by atoms with Gasteiger partial charge in [0.25, 0.3) is 0 Å². The normalized spacial score (nSPS) is 10.3. The third kappa shape index (κ3) is 3.63. The molecule has 3 nitrogen and oxygen atoms in total. The average molecular weight is 215 g/mol. The summed E-state index contributed by atoms with van der Waals surface area (Å²) in [5, 5.41) is 11.0. The lowest BCUT2D eigenvalue weighted by atomic mass is 10.2. The van der Waals surface area contributed by atoms with Gasteiger partial charge in [0.1, 0.15) is 11.6 Å². The summed E-state index contributed by atoms with van der Waals surface area (Å²) in [4.78, 5) is 10.2. The predicted octanol–water partition coefficient (Wildman–Crippen LogP) is 1.53. The number of carbonyl (C=O) groups is 1. The molecule has 1 rings (SSSR count). The maximum absolute atomic E-state index is 13.0. The van der Waals surface area contributed by atoms with Gasteiger partial charge >= 0.3 is 5.97 Å². The first-order valence-electron chi connectivity index (χ1n) is 4.46. The fraction of sp³-hybridized carbons (Fsp3) is 0.300. The highest BCUT2D eigenvalue weighted by molar-refractivity contribution is 5.66. The molecule has 0 heterocycles. The number of benzene rings is 1. The van der Waals surface area contributed by atoms with Crippen molar-refractivity contribution in [1.82, 2.24) is 5.32 Å². The molecule has 0 spiro atoms. The summed E-state index contributed by atoms with van der Waals surface area (Å²) in [7, 11) is 0. The Hall–Kier alpha value is -1.49. The molecule has 0 bridgehead atoms. The van der Waals surface area contributed by atoms with Crippen LogP contribution in [0.4, 0.5) is 8.78 Å². The van der Waals surface area contributed by atoms with E-state index in [1.165, 1.54) is 6.07 Å². The van der Waals surface area contributed by atoms with Gasteiger partial charge in [0.15, 0.2) is 0 Å². The maximum Gasteiger partial charge on any atom is 0.304 e. The molecule has 5 heteroatoms. The van der Waals surface area contributed by atoms with Crippen LogP contribution in [0.1, 0.15) is 12.0 Å². The van der Waals surface area contributed by atoms with Crippen LogP contribution in [0.3, 0.4) is 0 Å². The number of nitrogens with one attached hydrogen (secondary N) is 1. The average Bonchev–Trinajstić information content (AvgIpc) is 2.15. The molecular weight excluding hydrogens is 204 g/mol. The first kappa shape index (κ1) is 11.6. The maximum atomic E-state index is 13.0. The number of halogens is 2. The number of carboxylic acids is 1. The van der Waals surface area contributed by atoms with Gasteiger partial charge in [0.2, 0.25) is 0 Å². The summed E-state index contributed by atoms with van der Waals surface area (Å²) >= 11 is 0. The van der Waals surface area contributed by atoms with E-state index >= 15 is 0 Å². The summed E-state index contributed by atoms with van der Waals surface area (Å²) in [5.74, 6) is -2.20. The van der Waals surface area contributed by atoms with Crippen LogP contribution in [0, 0.1) is 11.6 Å². The van der Waals surface area contributed by atoms with Crippen molar-refractivity contribution in [3.05, 3.63) is 35.4 Å². The van der Waals surface area contributed by atoms with Crippen LogP contribution in [0.2, 0.25) is 0 Å². The van der Waals surface area contributed by atoms with E-state index in [4.69, 9.17) is 5.11 Å². The molecule has 0 saturated carbocycles. The molecule has 2 N–H and O–H groups in total. The second-order valence-electron chi connectivity index (χ2n) is 3.02. The molecule has 0 amide bonds. The highest BCUT2D eigenvalue weighted by Crippen LogP contribution is 2.11. The number of aliphatic carboxylic acids is 1. The van der Waals surface area contributed by atoms with Gasteiger partial charge in [0.05, 0.1) is 6.42 Å². The van der Waals surface area contributed by atoms with Crippen molar-refractivity contribution in [3.63, 3.8) is 0 Å². The molecule has 0 aliphatic rings. The van der Waals surface area contributed by atoms with E-state index in [9.17, 15) is 13.6 Å². The number of hydrogen-bond acceptors (Lipinski definition) is 2. The van der Waals surface area contributed by atoms with E-state index in [1.54, 1.807) is 0 Å². The minimum Gasteiger partial charge on any atom is -0.481 e. The molecule has 1 aromatic carbocycles. The molecule has 0 aliphatic carbocycles. The second-order valence-corrected chi connectivity index (χ2v) is 3.02. The smallest absolute Gasteiger partial charge is 0.304 e. The zero-order valence-corrected chi connectivity index (χ0v) is 7.96. The summed E-state index contributed by atoms with van der Waals surface area (Å²) < 4.78 is 26.1. The van der Waals surface area contributed by atoms with Crippen molar-refractivity contribution < 1.29 is 18.7 Å². The minimum atomic E-state index is -0.948. The first-order chi connectivity index (χ1) is 7.11. The quantitative estimate of drug-likeness (QED) is 0.732. The standard InChI is InChI=1S/C10H11F2NO2/c11-8-2-1-3-9(12)7(8)6-13-5-4-10(14)15/h1-3,13H,4-6H2,(H,14,15). The van der Waals surface area contributed by atoms with Crippen molar-refractivity contribution >= 4 is 5.97 Å². The highest BCUT2D eigenvalue weighted by Gasteiger charge is 2.07. The van der Waals surface area contributed by atoms with Crippen molar-refractivity contribution in [1.29, 1.82) is 0 Å². The van der Waals surface area contributed by atoms with Gasteiger partial charge in [-0.2, -0.15) is 0 Å². The zero-order valence-electron chi connectivity index (χ0n) is 7.96. The third-order valence-electron chi connectivity index (χ3n) is 1.88. The summed E-state index contributed by atoms with van der Waals surface area (Å²) in [6.07, 6.45) is -0.0733. The number of hydrogen-bond donors (Lipinski definition) is 2. The molecule has 82 valence electrons. The van der Waals surface area contributed by atoms with Crippen LogP contribution in [-0.4, -0.2) is 17.6 Å². The molecular formula is C10H11F2NO2. The van der Waals surface area contributed by atoms with Gasteiger partial charge in [0, 0.05) is 18.7 Å². The SMILES string of the molecule is O=C(O)CCNCc1c(F)cccc1F. The van der Waals surface area contributed by atoms with E-state index in [1.807, 2.05) is 0 Å². The monoisotopic (exact) mass is 215 g/mol. The van der Waals surface area contributed by atoms with Crippen molar-refractivity contribution in [2.75, 3.05) is 6.54 Å². The Kier molecular flexibility index (Phi) is 4.17. The van der Waals surface area contributed by atoms with Crippen LogP contribution in [0.15, 0.2) is 18.2 Å². The Labute approximate surface area is 85.7 Å². The number of carboxylic acid groups (broad SMARTS) is 1. The Morgan fingerprint density at radius 1 is 1.33 bits per heavy atom. The summed E-state index contributed by atoms with van der Waals surface area (Å²) in [6, 6.07) is 3.61. The molecule has 0 aliphatic heterocycles. The molecule has 15 heavy (non-hydrogen) atoms. The lowest BCUT2D eigenvalue weighted by molar-refractivity contribution is -0.136. The molecule has 0 saturated heterocycles. The van der Waals surface area contributed by atoms with Gasteiger partial charge in [-0.1, -0.05) is 6.07 Å². The van der Waals surface area contributed by atoms with Crippen LogP contribution in [-0.2, 0) is 11.3 Å². The van der Waals surface area contributed by atoms with E-state index < -0.39 is 17.6 Å². The molecule has 0 aromatic heterocycles. The van der Waals surface area contributed by atoms with Crippen molar-refractivity contribution in [2.24, 2.45) is 0 Å². The highest BCUT2D eigenvalue weighted by atomic mass is 19.1. The Morgan fingerprint density at radius 2 is 1.93 bits per heavy atom. The zero-order chi connectivity index (χ0) is 11.3. The number of rotatable bonds is 5. The summed E-state index contributed by atoms with van der Waals surface area (Å²) in [6.45, 7) is 0.175. The molecule has 1 aromatic rings. The predicted molar refractivity (Wildman–Crippen MR) is 50.3 cm³/mol. The van der Waals surface area contributed by atoms with Crippen LogP contribution in [0.25, 0.3) is 0 Å². The van der Waals surface area contributed by atoms with Gasteiger partial charge in [-0.15, -0.1) is 0 Å². The van der Waals surface area contributed by atoms with Gasteiger partial charge < -0.3 is 10.4 Å². The topological polar surface area (TPSA) is 49.3 Å². The largest absolute Gasteiger partial charge is 0.481 e. The molecule has 0 radical (unpaired) electrons. The molecule has 0 fully saturated rings. The van der Waals surface area contributed by atoms with Crippen molar-refractivity contribution in [2.45, 2.75) is 13.0 Å². The Morgan fingerprint density at radius 3 is 2.47 bits per heavy atom. The van der Waals surface area contributed by atoms with Crippen LogP contribution < -0.4 is 5.32 Å². The van der Waals surface area contributed by atoms with Crippen LogP contribution >= 0.6 is 0 Å². The first-order valence-corrected chi connectivity index (χ1v) is 4.46. The second kappa shape index (κ2) is 5.41. The van der Waals surface area contributed by atoms with E-state index in [2.05, 4.69) is 5.32 Å². The summed E-state index contributed by atoms with van der Waals surface area (Å²) in [5.41, 5.74) is -0.0668. The van der Waals surface area contributed by atoms with E-state index in [-0.39, 0.29) is 25.1 Å². The fourth-order valence-corrected chi connectivity index (χ4v) is 1.11. The molecule has 0 atom stereocenters. The molecule has 0 unspecified atom stereocenters. The van der Waals surface area contributed by atoms with Crippen molar-refractivity contribution in [3.8, 4) is 0 Å². The Bertz CT molecular complexity index is 335. The lowest BCUT2D eigenvalue weighted by Gasteiger charge is -2.05. The van der Waals surface area contributed by atoms with E-state index in [0.29, 0.717) is 0 Å². The lowest BCUT2D eigenvalue weighted by Crippen LogP contribution is -2.19. The van der Waals surface area contributed by atoms with Crippen LogP contribution in [0.5, 0.6) is 0 Å². The van der Waals surface area contributed by atoms with Gasteiger partial charge in [-0.05, 0) is 12.1 Å². The Balaban J connectivity index is 2.47. The van der Waals surface area contributed by atoms with E-state index in [0.717, 1.165) is 12.1 Å².